The zero-order valence-corrected chi connectivity index (χ0v) is 13.2. The van der Waals surface area contributed by atoms with E-state index in [0.717, 1.165) is 41.9 Å². The summed E-state index contributed by atoms with van der Waals surface area (Å²) in [5, 5.41) is 0. The number of carbonyl (C=O) groups is 1. The van der Waals surface area contributed by atoms with Crippen molar-refractivity contribution < 1.29 is 4.79 Å². The minimum Gasteiger partial charge on any atom is -0.299 e. The van der Waals surface area contributed by atoms with Crippen molar-refractivity contribution >= 4 is 5.78 Å². The highest BCUT2D eigenvalue weighted by Crippen LogP contribution is 2.60. The number of hydrogen-bond donors (Lipinski definition) is 0. The normalized spacial score (nSPS) is 55.0. The van der Waals surface area contributed by atoms with Crippen LogP contribution in [0.4, 0.5) is 0 Å². The predicted molar refractivity (Wildman–Crippen MR) is 81.3 cm³/mol. The number of fused-ring (bicyclic) bond motifs is 4. The van der Waals surface area contributed by atoms with E-state index in [4.69, 9.17) is 0 Å². The Hall–Kier alpha value is -0.330. The first-order chi connectivity index (χ1) is 9.58. The molecule has 0 spiro atoms. The van der Waals surface area contributed by atoms with Crippen LogP contribution in [0.1, 0.15) is 71.6 Å². The van der Waals surface area contributed by atoms with Crippen molar-refractivity contribution in [1.29, 1.82) is 0 Å². The van der Waals surface area contributed by atoms with Crippen LogP contribution in [0.2, 0.25) is 0 Å². The maximum atomic E-state index is 12.3. The predicted octanol–water partition coefficient (Wildman–Crippen LogP) is 4.84. The van der Waals surface area contributed by atoms with E-state index < -0.39 is 0 Å². The van der Waals surface area contributed by atoms with E-state index in [1.165, 1.54) is 51.4 Å². The fourth-order valence-corrected chi connectivity index (χ4v) is 6.68. The summed E-state index contributed by atoms with van der Waals surface area (Å²) in [6.45, 7) is 4.76. The second-order valence-corrected chi connectivity index (χ2v) is 8.86. The Morgan fingerprint density at radius 3 is 2.65 bits per heavy atom. The number of rotatable bonds is 0. The van der Waals surface area contributed by atoms with Crippen molar-refractivity contribution in [2.75, 3.05) is 0 Å². The molecule has 4 aliphatic rings. The summed E-state index contributed by atoms with van der Waals surface area (Å²) < 4.78 is 0. The van der Waals surface area contributed by atoms with Crippen LogP contribution < -0.4 is 0 Å². The molecule has 4 rings (SSSR count). The molecule has 0 unspecified atom stereocenters. The highest BCUT2D eigenvalue weighted by molar-refractivity contribution is 5.87. The average Bonchev–Trinajstić information content (AvgIpc) is 2.73. The lowest BCUT2D eigenvalue weighted by Crippen LogP contribution is -2.46. The monoisotopic (exact) mass is 274 g/mol. The Balaban J connectivity index is 1.56. The zero-order chi connectivity index (χ0) is 13.9. The molecule has 4 fully saturated rings. The van der Waals surface area contributed by atoms with Gasteiger partial charge in [-0.1, -0.05) is 20.3 Å². The van der Waals surface area contributed by atoms with Gasteiger partial charge in [-0.2, -0.15) is 0 Å². The van der Waals surface area contributed by atoms with Crippen LogP contribution in [0.15, 0.2) is 0 Å². The molecular formula is C19H30O. The van der Waals surface area contributed by atoms with E-state index in [1.807, 2.05) is 0 Å². The highest BCUT2D eigenvalue weighted by Gasteiger charge is 2.55. The van der Waals surface area contributed by atoms with Gasteiger partial charge in [0.25, 0.3) is 0 Å². The Morgan fingerprint density at radius 2 is 1.80 bits per heavy atom. The molecular weight excluding hydrogens is 244 g/mol. The fraction of sp³-hybridized carbons (Fsp3) is 0.947. The Bertz CT molecular complexity index is 414. The summed E-state index contributed by atoms with van der Waals surface area (Å²) in [7, 11) is 0. The molecule has 1 nitrogen and oxygen atoms in total. The van der Waals surface area contributed by atoms with Crippen molar-refractivity contribution in [3.05, 3.63) is 0 Å². The van der Waals surface area contributed by atoms with E-state index in [2.05, 4.69) is 13.8 Å². The van der Waals surface area contributed by atoms with Crippen molar-refractivity contribution in [2.24, 2.45) is 40.9 Å². The molecule has 0 N–H and O–H groups in total. The van der Waals surface area contributed by atoms with Crippen LogP contribution in [0.25, 0.3) is 0 Å². The molecule has 0 saturated heterocycles. The van der Waals surface area contributed by atoms with Crippen LogP contribution >= 0.6 is 0 Å². The molecule has 4 saturated carbocycles. The average molecular weight is 274 g/mol. The maximum absolute atomic E-state index is 12.3. The summed E-state index contributed by atoms with van der Waals surface area (Å²) in [6, 6.07) is 0. The third kappa shape index (κ3) is 1.84. The minimum absolute atomic E-state index is 0.0793. The van der Waals surface area contributed by atoms with Crippen molar-refractivity contribution in [3.63, 3.8) is 0 Å². The largest absolute Gasteiger partial charge is 0.299 e. The molecule has 20 heavy (non-hydrogen) atoms. The molecule has 0 aromatic rings. The maximum Gasteiger partial charge on any atom is 0.139 e. The standard InChI is InChI=1S/C19H30O/c1-12-3-4-13-11-16-14(10-15(13)9-12)7-8-19(2)17(16)5-6-18(19)20/h12-17H,3-11H2,1-2H3/t12-,13-,14+,15-,16+,17-,19-/m1/s1. The SMILES string of the molecule is C[C@@H]1CC[C@@H]2C[C@H]3[C@@H](CC[C@@]4(C)C(=O)CC[C@H]34)C[C@H]2C1. The van der Waals surface area contributed by atoms with Gasteiger partial charge in [-0.15, -0.1) is 0 Å². The number of Topliss-reactive ketones (excluding diaryl/α,β-unsaturated/α-hetero) is 1. The van der Waals surface area contributed by atoms with Crippen LogP contribution in [-0.4, -0.2) is 5.78 Å². The molecule has 0 aromatic heterocycles. The molecule has 112 valence electrons. The topological polar surface area (TPSA) is 17.1 Å². The molecule has 1 heteroatoms. The molecule has 0 radical (unpaired) electrons. The molecule has 0 heterocycles. The molecule has 0 bridgehead atoms. The summed E-state index contributed by atoms with van der Waals surface area (Å²) in [5.74, 6) is 6.21. The van der Waals surface area contributed by atoms with Crippen LogP contribution in [0.5, 0.6) is 0 Å². The van der Waals surface area contributed by atoms with E-state index in [1.54, 1.807) is 0 Å². The van der Waals surface area contributed by atoms with Crippen molar-refractivity contribution in [2.45, 2.75) is 71.6 Å². The van der Waals surface area contributed by atoms with Crippen molar-refractivity contribution in [1.82, 2.24) is 0 Å². The second kappa shape index (κ2) is 4.58. The number of hydrogen-bond acceptors (Lipinski definition) is 1. The number of carbonyl (C=O) groups excluding carboxylic acids is 1. The summed E-state index contributed by atoms with van der Waals surface area (Å²) in [5.41, 5.74) is 0.0793. The summed E-state index contributed by atoms with van der Waals surface area (Å²) in [4.78, 5) is 12.3. The minimum atomic E-state index is 0.0793. The van der Waals surface area contributed by atoms with Gasteiger partial charge in [-0.05, 0) is 80.5 Å². The lowest BCUT2D eigenvalue weighted by Gasteiger charge is -2.53. The Kier molecular flexibility index (Phi) is 3.06. The second-order valence-electron chi connectivity index (χ2n) is 8.86. The van der Waals surface area contributed by atoms with Gasteiger partial charge in [0.05, 0.1) is 0 Å². The van der Waals surface area contributed by atoms with E-state index >= 15 is 0 Å². The van der Waals surface area contributed by atoms with Crippen LogP contribution in [0, 0.1) is 40.9 Å². The summed E-state index contributed by atoms with van der Waals surface area (Å²) >= 11 is 0. The Morgan fingerprint density at radius 1 is 0.950 bits per heavy atom. The van der Waals surface area contributed by atoms with Crippen LogP contribution in [-0.2, 0) is 4.79 Å². The highest BCUT2D eigenvalue weighted by atomic mass is 16.1. The molecule has 4 aliphatic carbocycles. The van der Waals surface area contributed by atoms with Gasteiger partial charge in [0.15, 0.2) is 0 Å². The molecule has 7 atom stereocenters. The van der Waals surface area contributed by atoms with Gasteiger partial charge in [0.1, 0.15) is 5.78 Å². The van der Waals surface area contributed by atoms with Gasteiger partial charge in [0.2, 0.25) is 0 Å². The van der Waals surface area contributed by atoms with Gasteiger partial charge >= 0.3 is 0 Å². The summed E-state index contributed by atoms with van der Waals surface area (Å²) in [6.07, 6.45) is 12.0. The van der Waals surface area contributed by atoms with E-state index in [-0.39, 0.29) is 5.41 Å². The first-order valence-electron chi connectivity index (χ1n) is 9.11. The first kappa shape index (κ1) is 13.3. The van der Waals surface area contributed by atoms with Crippen LogP contribution in [0.3, 0.4) is 0 Å². The van der Waals surface area contributed by atoms with Gasteiger partial charge in [-0.25, -0.2) is 0 Å². The van der Waals surface area contributed by atoms with Gasteiger partial charge in [-0.3, -0.25) is 4.79 Å². The lowest BCUT2D eigenvalue weighted by atomic mass is 9.51. The third-order valence-corrected chi connectivity index (χ3v) is 7.88. The number of ketones is 1. The Labute approximate surface area is 123 Å². The third-order valence-electron chi connectivity index (χ3n) is 7.88. The van der Waals surface area contributed by atoms with E-state index in [9.17, 15) is 4.79 Å². The fourth-order valence-electron chi connectivity index (χ4n) is 6.68. The molecule has 0 aromatic carbocycles. The quantitative estimate of drug-likeness (QED) is 0.617. The van der Waals surface area contributed by atoms with E-state index in [0.29, 0.717) is 5.78 Å². The molecule has 0 amide bonds. The molecule has 0 aliphatic heterocycles. The first-order valence-corrected chi connectivity index (χ1v) is 9.11. The smallest absolute Gasteiger partial charge is 0.139 e. The zero-order valence-electron chi connectivity index (χ0n) is 13.2. The van der Waals surface area contributed by atoms with Crippen molar-refractivity contribution in [3.8, 4) is 0 Å². The van der Waals surface area contributed by atoms with Gasteiger partial charge < -0.3 is 0 Å². The lowest BCUT2D eigenvalue weighted by molar-refractivity contribution is -0.132. The van der Waals surface area contributed by atoms with Gasteiger partial charge in [0, 0.05) is 11.8 Å².